The molecule has 0 spiro atoms. The Morgan fingerprint density at radius 3 is 2.78 bits per heavy atom. The van der Waals surface area contributed by atoms with Gasteiger partial charge in [0, 0.05) is 0 Å². The van der Waals surface area contributed by atoms with E-state index in [2.05, 4.69) is 9.97 Å². The third-order valence-electron chi connectivity index (χ3n) is 3.49. The molecule has 5 heteroatoms. The molecule has 2 aromatic heterocycles. The lowest BCUT2D eigenvalue weighted by atomic mass is 10.00. The van der Waals surface area contributed by atoms with Crippen LogP contribution in [0.15, 0.2) is 27.8 Å². The minimum atomic E-state index is -0.245. The summed E-state index contributed by atoms with van der Waals surface area (Å²) in [6.07, 6.45) is 7.08. The van der Waals surface area contributed by atoms with Crippen molar-refractivity contribution in [1.82, 2.24) is 9.97 Å². The maximum absolute atomic E-state index is 12.1. The van der Waals surface area contributed by atoms with Gasteiger partial charge in [0.15, 0.2) is 0 Å². The molecule has 18 heavy (non-hydrogen) atoms. The van der Waals surface area contributed by atoms with Gasteiger partial charge in [0.1, 0.15) is 12.1 Å². The number of furan rings is 1. The summed E-state index contributed by atoms with van der Waals surface area (Å²) in [7, 11) is 0. The molecule has 1 saturated carbocycles. The van der Waals surface area contributed by atoms with Crippen molar-refractivity contribution in [3.63, 3.8) is 0 Å². The van der Waals surface area contributed by atoms with Crippen molar-refractivity contribution >= 4 is 0 Å². The highest BCUT2D eigenvalue weighted by Crippen LogP contribution is 2.35. The summed E-state index contributed by atoms with van der Waals surface area (Å²) in [6.45, 7) is 0. The van der Waals surface area contributed by atoms with E-state index in [9.17, 15) is 9.90 Å². The zero-order chi connectivity index (χ0) is 12.5. The van der Waals surface area contributed by atoms with Crippen LogP contribution in [0.2, 0.25) is 0 Å². The van der Waals surface area contributed by atoms with Gasteiger partial charge in [-0.05, 0) is 24.8 Å². The minimum Gasteiger partial charge on any atom is -0.493 e. The van der Waals surface area contributed by atoms with Crippen molar-refractivity contribution < 1.29 is 9.52 Å². The summed E-state index contributed by atoms with van der Waals surface area (Å²) in [5.74, 6) is 0.328. The maximum Gasteiger partial charge on any atom is 0.258 e. The lowest BCUT2D eigenvalue weighted by Crippen LogP contribution is -2.17. The van der Waals surface area contributed by atoms with E-state index in [-0.39, 0.29) is 17.4 Å². The van der Waals surface area contributed by atoms with Crippen molar-refractivity contribution in [2.75, 3.05) is 0 Å². The number of nitrogens with zero attached hydrogens (tertiary/aromatic N) is 1. The Morgan fingerprint density at radius 2 is 2.17 bits per heavy atom. The fourth-order valence-electron chi connectivity index (χ4n) is 2.59. The molecule has 1 fully saturated rings. The molecular formula is C13H14N2O3. The quantitative estimate of drug-likeness (QED) is 0.852. The van der Waals surface area contributed by atoms with Crippen LogP contribution in [0.4, 0.5) is 0 Å². The highest BCUT2D eigenvalue weighted by Gasteiger charge is 2.24. The number of H-pyrrole nitrogens is 1. The van der Waals surface area contributed by atoms with Gasteiger partial charge in [-0.1, -0.05) is 12.8 Å². The Kier molecular flexibility index (Phi) is 2.66. The number of rotatable bonds is 2. The van der Waals surface area contributed by atoms with Gasteiger partial charge in [0.05, 0.1) is 17.4 Å². The van der Waals surface area contributed by atoms with Crippen molar-refractivity contribution in [1.29, 1.82) is 0 Å². The number of aromatic hydroxyl groups is 1. The third kappa shape index (κ3) is 1.81. The lowest BCUT2D eigenvalue weighted by molar-refractivity contribution is 0.436. The Balaban J connectivity index is 2.06. The topological polar surface area (TPSA) is 79.1 Å². The van der Waals surface area contributed by atoms with E-state index in [1.807, 2.05) is 0 Å². The first-order valence-corrected chi connectivity index (χ1v) is 6.11. The van der Waals surface area contributed by atoms with Crippen LogP contribution in [0.1, 0.15) is 37.2 Å². The molecule has 0 amide bonds. The fraction of sp³-hybridized carbons (Fsp3) is 0.385. The first-order valence-electron chi connectivity index (χ1n) is 6.11. The summed E-state index contributed by atoms with van der Waals surface area (Å²) >= 11 is 0. The van der Waals surface area contributed by atoms with E-state index >= 15 is 0 Å². The summed E-state index contributed by atoms with van der Waals surface area (Å²) in [5, 5.41) is 9.97. The van der Waals surface area contributed by atoms with Gasteiger partial charge >= 0.3 is 0 Å². The number of aromatic amines is 1. The summed E-state index contributed by atoms with van der Waals surface area (Å²) in [5.41, 5.74) is 0.839. The van der Waals surface area contributed by atoms with Gasteiger partial charge in [-0.2, -0.15) is 4.98 Å². The largest absolute Gasteiger partial charge is 0.493 e. The molecular weight excluding hydrogens is 232 g/mol. The van der Waals surface area contributed by atoms with Gasteiger partial charge in [-0.25, -0.2) is 0 Å². The van der Waals surface area contributed by atoms with Crippen LogP contribution in [0.25, 0.3) is 11.4 Å². The van der Waals surface area contributed by atoms with E-state index in [1.54, 1.807) is 6.07 Å². The second-order valence-corrected chi connectivity index (χ2v) is 4.65. The molecule has 0 atom stereocenters. The fourth-order valence-corrected chi connectivity index (χ4v) is 2.59. The average Bonchev–Trinajstić information content (AvgIpc) is 3.01. The zero-order valence-electron chi connectivity index (χ0n) is 9.85. The van der Waals surface area contributed by atoms with Crippen LogP contribution in [0, 0.1) is 0 Å². The molecule has 0 aromatic carbocycles. The Bertz CT molecular complexity index is 595. The van der Waals surface area contributed by atoms with Gasteiger partial charge in [0.25, 0.3) is 5.56 Å². The van der Waals surface area contributed by atoms with E-state index in [0.717, 1.165) is 25.7 Å². The van der Waals surface area contributed by atoms with Crippen LogP contribution in [0.5, 0.6) is 5.88 Å². The molecule has 2 heterocycles. The van der Waals surface area contributed by atoms with Crippen molar-refractivity contribution in [2.45, 2.75) is 31.6 Å². The highest BCUT2D eigenvalue weighted by molar-refractivity contribution is 5.53. The third-order valence-corrected chi connectivity index (χ3v) is 3.49. The minimum absolute atomic E-state index is 0.139. The van der Waals surface area contributed by atoms with Crippen molar-refractivity contribution in [3.8, 4) is 17.3 Å². The van der Waals surface area contributed by atoms with E-state index in [0.29, 0.717) is 17.0 Å². The molecule has 2 N–H and O–H groups in total. The summed E-state index contributed by atoms with van der Waals surface area (Å²) in [6, 6.07) is 1.69. The molecule has 2 aromatic rings. The van der Waals surface area contributed by atoms with Gasteiger partial charge < -0.3 is 14.5 Å². The van der Waals surface area contributed by atoms with Crippen LogP contribution >= 0.6 is 0 Å². The predicted molar refractivity (Wildman–Crippen MR) is 65.4 cm³/mol. The first-order chi connectivity index (χ1) is 8.75. The van der Waals surface area contributed by atoms with Crippen LogP contribution in [-0.4, -0.2) is 15.1 Å². The van der Waals surface area contributed by atoms with Crippen molar-refractivity contribution in [2.24, 2.45) is 0 Å². The molecule has 3 rings (SSSR count). The van der Waals surface area contributed by atoms with Crippen LogP contribution in [-0.2, 0) is 0 Å². The van der Waals surface area contributed by atoms with E-state index in [1.165, 1.54) is 12.5 Å². The molecule has 5 nitrogen and oxygen atoms in total. The average molecular weight is 246 g/mol. The normalized spacial score (nSPS) is 16.2. The number of nitrogens with one attached hydrogen (secondary N) is 1. The predicted octanol–water partition coefficient (Wildman–Crippen LogP) is 2.39. The Hall–Kier alpha value is -2.04. The molecule has 1 aliphatic carbocycles. The van der Waals surface area contributed by atoms with E-state index < -0.39 is 0 Å². The van der Waals surface area contributed by atoms with E-state index in [4.69, 9.17) is 4.42 Å². The molecule has 0 radical (unpaired) electrons. The number of hydrogen-bond acceptors (Lipinski definition) is 4. The molecule has 0 bridgehead atoms. The number of aromatic nitrogens is 2. The first kappa shape index (κ1) is 11.1. The second-order valence-electron chi connectivity index (χ2n) is 4.65. The number of hydrogen-bond donors (Lipinski definition) is 2. The van der Waals surface area contributed by atoms with Gasteiger partial charge in [-0.3, -0.25) is 4.79 Å². The Morgan fingerprint density at radius 1 is 1.39 bits per heavy atom. The molecule has 0 saturated heterocycles. The van der Waals surface area contributed by atoms with Crippen molar-refractivity contribution in [3.05, 3.63) is 34.5 Å². The van der Waals surface area contributed by atoms with Gasteiger partial charge in [0.2, 0.25) is 5.88 Å². The molecule has 0 unspecified atom stereocenters. The molecule has 1 aliphatic rings. The smallest absolute Gasteiger partial charge is 0.258 e. The summed E-state index contributed by atoms with van der Waals surface area (Å²) < 4.78 is 4.94. The highest BCUT2D eigenvalue weighted by atomic mass is 16.3. The summed E-state index contributed by atoms with van der Waals surface area (Å²) in [4.78, 5) is 18.8. The Labute approximate surface area is 103 Å². The standard InChI is InChI=1S/C13H14N2O3/c16-12-10(8-3-1-2-4-8)13(17)15-11(14-12)9-5-6-18-7-9/h5-8H,1-4H2,(H2,14,15,16,17). The van der Waals surface area contributed by atoms with Gasteiger partial charge in [-0.15, -0.1) is 0 Å². The zero-order valence-corrected chi connectivity index (χ0v) is 9.85. The maximum atomic E-state index is 12.1. The SMILES string of the molecule is O=c1[nH]c(-c2ccoc2)nc(O)c1C1CCCC1. The molecule has 94 valence electrons. The van der Waals surface area contributed by atoms with Crippen LogP contribution < -0.4 is 5.56 Å². The van der Waals surface area contributed by atoms with Crippen LogP contribution in [0.3, 0.4) is 0 Å². The monoisotopic (exact) mass is 246 g/mol. The lowest BCUT2D eigenvalue weighted by Gasteiger charge is -2.10. The molecule has 0 aliphatic heterocycles. The second kappa shape index (κ2) is 4.33.